The van der Waals surface area contributed by atoms with Crippen molar-refractivity contribution in [2.75, 3.05) is 64.8 Å². The van der Waals surface area contributed by atoms with Gasteiger partial charge in [0.2, 0.25) is 0 Å². The normalized spacial score (nSPS) is 28.3. The second-order valence-electron chi connectivity index (χ2n) is 8.50. The lowest BCUT2D eigenvalue weighted by Crippen LogP contribution is -2.43. The fraction of sp³-hybridized carbons (Fsp3) is 0.714. The third-order valence-corrected chi connectivity index (χ3v) is 6.46. The van der Waals surface area contributed by atoms with Gasteiger partial charge in [0.1, 0.15) is 0 Å². The maximum Gasteiger partial charge on any atom is 0.0400 e. The summed E-state index contributed by atoms with van der Waals surface area (Å²) in [6.07, 6.45) is 4.11. The van der Waals surface area contributed by atoms with Gasteiger partial charge in [-0.3, -0.25) is 4.90 Å². The van der Waals surface area contributed by atoms with Crippen molar-refractivity contribution in [3.63, 3.8) is 0 Å². The Morgan fingerprint density at radius 1 is 1.12 bits per heavy atom. The van der Waals surface area contributed by atoms with Crippen LogP contribution in [0.3, 0.4) is 0 Å². The highest BCUT2D eigenvalue weighted by Crippen LogP contribution is 2.40. The zero-order valence-corrected chi connectivity index (χ0v) is 16.0. The summed E-state index contributed by atoms with van der Waals surface area (Å²) in [6, 6.07) is 7.26. The molecule has 1 aromatic carbocycles. The van der Waals surface area contributed by atoms with Gasteiger partial charge in [0.05, 0.1) is 0 Å². The van der Waals surface area contributed by atoms with Gasteiger partial charge in [-0.2, -0.15) is 0 Å². The van der Waals surface area contributed by atoms with E-state index in [-0.39, 0.29) is 0 Å². The third kappa shape index (κ3) is 4.02. The average Bonchev–Trinajstić information content (AvgIpc) is 2.93. The first-order valence-electron chi connectivity index (χ1n) is 10.1. The summed E-state index contributed by atoms with van der Waals surface area (Å²) in [5, 5.41) is 3.59. The first kappa shape index (κ1) is 17.3. The Hall–Kier alpha value is -1.10. The number of benzene rings is 1. The van der Waals surface area contributed by atoms with Gasteiger partial charge in [-0.25, -0.2) is 0 Å². The van der Waals surface area contributed by atoms with Crippen molar-refractivity contribution < 1.29 is 0 Å². The lowest BCUT2D eigenvalue weighted by atomic mass is 9.86. The largest absolute Gasteiger partial charge is 0.374 e. The molecular weight excluding hydrogens is 308 g/mol. The topological polar surface area (TPSA) is 21.8 Å². The van der Waals surface area contributed by atoms with E-state index < -0.39 is 0 Å². The molecule has 0 aliphatic carbocycles. The molecule has 2 atom stereocenters. The zero-order valence-electron chi connectivity index (χ0n) is 16.0. The second kappa shape index (κ2) is 7.65. The van der Waals surface area contributed by atoms with Gasteiger partial charge < -0.3 is 15.1 Å². The minimum atomic E-state index is 0.720. The van der Waals surface area contributed by atoms with E-state index in [2.05, 4.69) is 52.3 Å². The third-order valence-electron chi connectivity index (χ3n) is 6.46. The minimum Gasteiger partial charge on any atom is -0.374 e. The lowest BCUT2D eigenvalue weighted by Gasteiger charge is -2.32. The number of rotatable bonds is 4. The van der Waals surface area contributed by atoms with Gasteiger partial charge in [0, 0.05) is 57.9 Å². The molecule has 3 aliphatic heterocycles. The molecule has 0 bridgehead atoms. The molecule has 1 aromatic rings. The van der Waals surface area contributed by atoms with Crippen molar-refractivity contribution in [3.05, 3.63) is 29.3 Å². The molecule has 25 heavy (non-hydrogen) atoms. The molecule has 2 fully saturated rings. The van der Waals surface area contributed by atoms with Gasteiger partial charge in [-0.15, -0.1) is 0 Å². The summed E-state index contributed by atoms with van der Waals surface area (Å²) in [7, 11) is 4.49. The molecular formula is C21H34N4. The average molecular weight is 343 g/mol. The summed E-state index contributed by atoms with van der Waals surface area (Å²) in [4.78, 5) is 7.51. The van der Waals surface area contributed by atoms with Crippen LogP contribution in [0.2, 0.25) is 0 Å². The van der Waals surface area contributed by atoms with Crippen molar-refractivity contribution in [2.45, 2.75) is 31.7 Å². The van der Waals surface area contributed by atoms with Crippen molar-refractivity contribution in [1.29, 1.82) is 0 Å². The van der Waals surface area contributed by atoms with E-state index in [1.165, 1.54) is 76.3 Å². The SMILES string of the molecule is CN1CCN(Cc2ccc3c(c2)C(CC2CCCNC2)CN3C)CC1. The minimum absolute atomic E-state index is 0.720. The number of likely N-dealkylation sites (N-methyl/N-ethyl adjacent to an activating group) is 2. The summed E-state index contributed by atoms with van der Waals surface area (Å²) in [6.45, 7) is 9.54. The Balaban J connectivity index is 1.44. The number of hydrogen-bond donors (Lipinski definition) is 1. The molecule has 0 spiro atoms. The van der Waals surface area contributed by atoms with Crippen LogP contribution >= 0.6 is 0 Å². The van der Waals surface area contributed by atoms with Gasteiger partial charge in [0.15, 0.2) is 0 Å². The van der Waals surface area contributed by atoms with E-state index in [9.17, 15) is 0 Å². The Bertz CT molecular complexity index is 573. The molecule has 3 aliphatic rings. The van der Waals surface area contributed by atoms with E-state index in [1.54, 1.807) is 5.56 Å². The van der Waals surface area contributed by atoms with E-state index in [0.717, 1.165) is 18.4 Å². The monoisotopic (exact) mass is 342 g/mol. The highest BCUT2D eigenvalue weighted by molar-refractivity contribution is 5.60. The molecule has 0 saturated carbocycles. The fourth-order valence-electron chi connectivity index (χ4n) is 4.90. The van der Waals surface area contributed by atoms with Crippen molar-refractivity contribution in [3.8, 4) is 0 Å². The predicted molar refractivity (Wildman–Crippen MR) is 105 cm³/mol. The van der Waals surface area contributed by atoms with Crippen LogP contribution in [0.15, 0.2) is 18.2 Å². The fourth-order valence-corrected chi connectivity index (χ4v) is 4.90. The molecule has 1 N–H and O–H groups in total. The number of fused-ring (bicyclic) bond motifs is 1. The second-order valence-corrected chi connectivity index (χ2v) is 8.50. The Morgan fingerprint density at radius 3 is 2.72 bits per heavy atom. The predicted octanol–water partition coefficient (Wildman–Crippen LogP) is 2.36. The van der Waals surface area contributed by atoms with Crippen LogP contribution in [0.5, 0.6) is 0 Å². The molecule has 138 valence electrons. The number of piperidine rings is 1. The van der Waals surface area contributed by atoms with E-state index in [0.29, 0.717) is 0 Å². The highest BCUT2D eigenvalue weighted by Gasteiger charge is 2.29. The number of anilines is 1. The highest BCUT2D eigenvalue weighted by atomic mass is 15.2. The van der Waals surface area contributed by atoms with E-state index in [1.807, 2.05) is 0 Å². The van der Waals surface area contributed by atoms with Crippen LogP contribution in [0.1, 0.15) is 36.3 Å². The summed E-state index contributed by atoms with van der Waals surface area (Å²) < 4.78 is 0. The maximum atomic E-state index is 3.59. The smallest absolute Gasteiger partial charge is 0.0400 e. The molecule has 4 rings (SSSR count). The van der Waals surface area contributed by atoms with Crippen LogP contribution in [0.25, 0.3) is 0 Å². The molecule has 4 heteroatoms. The van der Waals surface area contributed by atoms with Crippen LogP contribution in [-0.4, -0.2) is 69.7 Å². The molecule has 0 radical (unpaired) electrons. The van der Waals surface area contributed by atoms with Gasteiger partial charge >= 0.3 is 0 Å². The zero-order chi connectivity index (χ0) is 17.2. The Labute approximate surface area is 153 Å². The van der Waals surface area contributed by atoms with Crippen molar-refractivity contribution in [2.24, 2.45) is 5.92 Å². The van der Waals surface area contributed by atoms with Gasteiger partial charge in [0.25, 0.3) is 0 Å². The van der Waals surface area contributed by atoms with E-state index >= 15 is 0 Å². The van der Waals surface area contributed by atoms with Crippen molar-refractivity contribution >= 4 is 5.69 Å². The van der Waals surface area contributed by atoms with Crippen LogP contribution in [0, 0.1) is 5.92 Å². The molecule has 0 aromatic heterocycles. The van der Waals surface area contributed by atoms with E-state index in [4.69, 9.17) is 0 Å². The standard InChI is InChI=1S/C21H34N4/c1-23-8-10-25(11-9-23)15-18-5-6-21-20(13-18)19(16-24(21)2)12-17-4-3-7-22-14-17/h5-6,13,17,19,22H,3-4,7-12,14-16H2,1-2H3. The maximum absolute atomic E-state index is 3.59. The Kier molecular flexibility index (Phi) is 5.30. The van der Waals surface area contributed by atoms with Gasteiger partial charge in [-0.1, -0.05) is 12.1 Å². The summed E-state index contributed by atoms with van der Waals surface area (Å²) in [5.41, 5.74) is 4.58. The van der Waals surface area contributed by atoms with Crippen LogP contribution in [0.4, 0.5) is 5.69 Å². The van der Waals surface area contributed by atoms with Crippen LogP contribution < -0.4 is 10.2 Å². The Morgan fingerprint density at radius 2 is 1.96 bits per heavy atom. The quantitative estimate of drug-likeness (QED) is 0.907. The first-order chi connectivity index (χ1) is 12.2. The van der Waals surface area contributed by atoms with Crippen molar-refractivity contribution in [1.82, 2.24) is 15.1 Å². The van der Waals surface area contributed by atoms with Crippen LogP contribution in [-0.2, 0) is 6.54 Å². The molecule has 2 unspecified atom stereocenters. The molecule has 0 amide bonds. The first-order valence-corrected chi connectivity index (χ1v) is 10.1. The molecule has 4 nitrogen and oxygen atoms in total. The molecule has 3 heterocycles. The van der Waals surface area contributed by atoms with Gasteiger partial charge in [-0.05, 0) is 62.5 Å². The lowest BCUT2D eigenvalue weighted by molar-refractivity contribution is 0.148. The number of nitrogens with zero attached hydrogens (tertiary/aromatic N) is 3. The number of hydrogen-bond acceptors (Lipinski definition) is 4. The summed E-state index contributed by atoms with van der Waals surface area (Å²) >= 11 is 0. The summed E-state index contributed by atoms with van der Waals surface area (Å²) in [5.74, 6) is 1.58. The molecule has 2 saturated heterocycles. The number of nitrogens with one attached hydrogen (secondary N) is 1. The number of piperazine rings is 1.